The molecule has 3 atom stereocenters. The summed E-state index contributed by atoms with van der Waals surface area (Å²) in [7, 11) is 0. The Morgan fingerprint density at radius 1 is 1.47 bits per heavy atom. The smallest absolute Gasteiger partial charge is 0.326 e. The van der Waals surface area contributed by atoms with E-state index in [0.29, 0.717) is 25.4 Å². The lowest BCUT2D eigenvalue weighted by Crippen LogP contribution is -2.49. The summed E-state index contributed by atoms with van der Waals surface area (Å²) in [5.41, 5.74) is 5.74. The lowest BCUT2D eigenvalue weighted by molar-refractivity contribution is -0.143. The molecule has 0 aromatic heterocycles. The van der Waals surface area contributed by atoms with Gasteiger partial charge < -0.3 is 20.9 Å². The van der Waals surface area contributed by atoms with E-state index in [9.17, 15) is 9.59 Å². The molecule has 6 nitrogen and oxygen atoms in total. The van der Waals surface area contributed by atoms with Crippen molar-refractivity contribution in [1.29, 1.82) is 0 Å². The van der Waals surface area contributed by atoms with Crippen LogP contribution in [0.3, 0.4) is 0 Å². The summed E-state index contributed by atoms with van der Waals surface area (Å²) in [6.45, 7) is 4.60. The number of rotatable bonds is 7. The number of ether oxygens (including phenoxy) is 1. The Labute approximate surface area is 113 Å². The molecule has 1 unspecified atom stereocenters. The van der Waals surface area contributed by atoms with E-state index in [4.69, 9.17) is 15.6 Å². The molecule has 0 aliphatic carbocycles. The topological polar surface area (TPSA) is 102 Å². The van der Waals surface area contributed by atoms with Gasteiger partial charge in [-0.15, -0.1) is 0 Å². The maximum absolute atomic E-state index is 11.8. The van der Waals surface area contributed by atoms with E-state index in [1.165, 1.54) is 0 Å². The summed E-state index contributed by atoms with van der Waals surface area (Å²) in [4.78, 5) is 23.0. The summed E-state index contributed by atoms with van der Waals surface area (Å²) < 4.78 is 5.39. The van der Waals surface area contributed by atoms with Crippen LogP contribution in [-0.4, -0.2) is 41.8 Å². The van der Waals surface area contributed by atoms with Crippen molar-refractivity contribution in [2.75, 3.05) is 6.61 Å². The Balaban J connectivity index is 2.47. The predicted octanol–water partition coefficient (Wildman–Crippen LogP) is 0.498. The molecule has 0 radical (unpaired) electrons. The second kappa shape index (κ2) is 7.45. The van der Waals surface area contributed by atoms with Crippen LogP contribution in [0.4, 0.5) is 0 Å². The number of carbonyl (C=O) groups is 2. The number of nitrogens with two attached hydrogens (primary N) is 1. The Hall–Kier alpha value is -1.14. The van der Waals surface area contributed by atoms with Crippen molar-refractivity contribution in [3.05, 3.63) is 0 Å². The number of amides is 1. The zero-order valence-electron chi connectivity index (χ0n) is 11.6. The van der Waals surface area contributed by atoms with Crippen LogP contribution in [0.5, 0.6) is 0 Å². The van der Waals surface area contributed by atoms with E-state index in [1.807, 2.05) is 13.8 Å². The molecule has 4 N–H and O–H groups in total. The summed E-state index contributed by atoms with van der Waals surface area (Å²) in [5, 5.41) is 11.6. The molecular weight excluding hydrogens is 248 g/mol. The molecule has 1 rings (SSSR count). The molecule has 0 aromatic carbocycles. The zero-order chi connectivity index (χ0) is 14.4. The van der Waals surface area contributed by atoms with Gasteiger partial charge in [0.2, 0.25) is 5.91 Å². The second-order valence-corrected chi connectivity index (χ2v) is 5.51. The lowest BCUT2D eigenvalue weighted by Gasteiger charge is -2.20. The number of carboxylic acids is 1. The summed E-state index contributed by atoms with van der Waals surface area (Å²) in [6.07, 6.45) is 2.55. The van der Waals surface area contributed by atoms with E-state index < -0.39 is 24.0 Å². The third-order valence-corrected chi connectivity index (χ3v) is 3.20. The molecule has 1 saturated heterocycles. The molecule has 1 heterocycles. The molecule has 1 aliphatic heterocycles. The van der Waals surface area contributed by atoms with Crippen LogP contribution >= 0.6 is 0 Å². The van der Waals surface area contributed by atoms with Gasteiger partial charge in [0.15, 0.2) is 0 Å². The molecule has 110 valence electrons. The van der Waals surface area contributed by atoms with Crippen LogP contribution in [0, 0.1) is 5.92 Å². The van der Waals surface area contributed by atoms with E-state index in [0.717, 1.165) is 12.8 Å². The summed E-state index contributed by atoms with van der Waals surface area (Å²) in [6, 6.07) is -1.58. The Bertz CT molecular complexity index is 314. The van der Waals surface area contributed by atoms with Crippen LogP contribution in [0.1, 0.15) is 39.5 Å². The minimum absolute atomic E-state index is 0.0808. The van der Waals surface area contributed by atoms with Crippen LogP contribution in [0.15, 0.2) is 0 Å². The highest BCUT2D eigenvalue weighted by molar-refractivity contribution is 5.86. The number of carboxylic acid groups (broad SMARTS) is 1. The van der Waals surface area contributed by atoms with Crippen molar-refractivity contribution >= 4 is 11.9 Å². The summed E-state index contributed by atoms with van der Waals surface area (Å²) >= 11 is 0. The molecule has 1 fully saturated rings. The van der Waals surface area contributed by atoms with Gasteiger partial charge >= 0.3 is 5.97 Å². The van der Waals surface area contributed by atoms with Gasteiger partial charge in [-0.25, -0.2) is 4.79 Å². The van der Waals surface area contributed by atoms with Crippen molar-refractivity contribution in [2.24, 2.45) is 11.7 Å². The average molecular weight is 272 g/mol. The third-order valence-electron chi connectivity index (χ3n) is 3.20. The van der Waals surface area contributed by atoms with Crippen molar-refractivity contribution in [3.63, 3.8) is 0 Å². The standard InChI is InChI=1S/C13H24N2O4/c1-8(2)6-10(14)12(16)15-11(13(17)18)7-9-4-3-5-19-9/h8-11H,3-7,14H2,1-2H3,(H,15,16)(H,17,18)/t9-,10-,11?/m0/s1. The highest BCUT2D eigenvalue weighted by Gasteiger charge is 2.28. The van der Waals surface area contributed by atoms with Gasteiger partial charge in [0, 0.05) is 13.0 Å². The number of aliphatic carboxylic acids is 1. The minimum Gasteiger partial charge on any atom is -0.480 e. The normalized spacial score (nSPS) is 22.2. The number of hydrogen-bond acceptors (Lipinski definition) is 4. The van der Waals surface area contributed by atoms with Gasteiger partial charge in [-0.1, -0.05) is 13.8 Å². The third kappa shape index (κ3) is 5.57. The fourth-order valence-electron chi connectivity index (χ4n) is 2.21. The maximum atomic E-state index is 11.8. The first kappa shape index (κ1) is 15.9. The zero-order valence-corrected chi connectivity index (χ0v) is 11.6. The van der Waals surface area contributed by atoms with Crippen molar-refractivity contribution in [1.82, 2.24) is 5.32 Å². The van der Waals surface area contributed by atoms with Crippen LogP contribution < -0.4 is 11.1 Å². The first-order chi connectivity index (χ1) is 8.90. The van der Waals surface area contributed by atoms with Crippen LogP contribution in [-0.2, 0) is 14.3 Å². The van der Waals surface area contributed by atoms with Gasteiger partial charge in [0.1, 0.15) is 6.04 Å². The van der Waals surface area contributed by atoms with Gasteiger partial charge in [-0.05, 0) is 25.2 Å². The van der Waals surface area contributed by atoms with Gasteiger partial charge in [-0.2, -0.15) is 0 Å². The number of carbonyl (C=O) groups excluding carboxylic acids is 1. The SMILES string of the molecule is CC(C)C[C@H](N)C(=O)NC(C[C@@H]1CCCO1)C(=O)O. The molecule has 0 bridgehead atoms. The van der Waals surface area contributed by atoms with E-state index in [-0.39, 0.29) is 6.10 Å². The first-order valence-corrected chi connectivity index (χ1v) is 6.80. The van der Waals surface area contributed by atoms with Gasteiger partial charge in [0.05, 0.1) is 12.1 Å². The minimum atomic E-state index is -1.04. The van der Waals surface area contributed by atoms with Gasteiger partial charge in [0.25, 0.3) is 0 Å². The van der Waals surface area contributed by atoms with Crippen molar-refractivity contribution < 1.29 is 19.4 Å². The number of hydrogen-bond donors (Lipinski definition) is 3. The quantitative estimate of drug-likeness (QED) is 0.626. The molecule has 1 amide bonds. The molecule has 0 saturated carbocycles. The first-order valence-electron chi connectivity index (χ1n) is 6.80. The van der Waals surface area contributed by atoms with Gasteiger partial charge in [-0.3, -0.25) is 4.79 Å². The highest BCUT2D eigenvalue weighted by atomic mass is 16.5. The fourth-order valence-corrected chi connectivity index (χ4v) is 2.21. The monoisotopic (exact) mass is 272 g/mol. The van der Waals surface area contributed by atoms with E-state index >= 15 is 0 Å². The second-order valence-electron chi connectivity index (χ2n) is 5.51. The van der Waals surface area contributed by atoms with Crippen molar-refractivity contribution in [2.45, 2.75) is 57.7 Å². The maximum Gasteiger partial charge on any atom is 0.326 e. The Kier molecular flexibility index (Phi) is 6.24. The van der Waals surface area contributed by atoms with Crippen LogP contribution in [0.2, 0.25) is 0 Å². The largest absolute Gasteiger partial charge is 0.480 e. The lowest BCUT2D eigenvalue weighted by atomic mass is 10.0. The molecule has 0 spiro atoms. The van der Waals surface area contributed by atoms with E-state index in [1.54, 1.807) is 0 Å². The summed E-state index contributed by atoms with van der Waals surface area (Å²) in [5.74, 6) is -1.15. The fraction of sp³-hybridized carbons (Fsp3) is 0.846. The predicted molar refractivity (Wildman–Crippen MR) is 70.6 cm³/mol. The molecular formula is C13H24N2O4. The molecule has 0 aromatic rings. The Morgan fingerprint density at radius 3 is 2.63 bits per heavy atom. The Morgan fingerprint density at radius 2 is 2.16 bits per heavy atom. The average Bonchev–Trinajstić information content (AvgIpc) is 2.79. The highest BCUT2D eigenvalue weighted by Crippen LogP contribution is 2.17. The molecule has 1 aliphatic rings. The van der Waals surface area contributed by atoms with Crippen LogP contribution in [0.25, 0.3) is 0 Å². The number of nitrogens with one attached hydrogen (secondary N) is 1. The molecule has 6 heteroatoms. The van der Waals surface area contributed by atoms with E-state index in [2.05, 4.69) is 5.32 Å². The van der Waals surface area contributed by atoms with Crippen molar-refractivity contribution in [3.8, 4) is 0 Å². The molecule has 19 heavy (non-hydrogen) atoms.